The van der Waals surface area contributed by atoms with Gasteiger partial charge in [0, 0.05) is 11.3 Å². The van der Waals surface area contributed by atoms with Crippen molar-refractivity contribution in [3.63, 3.8) is 0 Å². The summed E-state index contributed by atoms with van der Waals surface area (Å²) in [6.45, 7) is 0. The predicted octanol–water partition coefficient (Wildman–Crippen LogP) is 5.42. The van der Waals surface area contributed by atoms with E-state index < -0.39 is 0 Å². The molecule has 0 fully saturated rings. The first-order valence-electron chi connectivity index (χ1n) is 6.97. The van der Waals surface area contributed by atoms with Gasteiger partial charge in [0.1, 0.15) is 0 Å². The van der Waals surface area contributed by atoms with Crippen molar-refractivity contribution in [2.24, 2.45) is 5.10 Å². The molecule has 3 aromatic rings. The Kier molecular flexibility index (Phi) is 5.73. The molecule has 4 nitrogen and oxygen atoms in total. The molecule has 0 radical (unpaired) electrons. The van der Waals surface area contributed by atoms with E-state index in [4.69, 9.17) is 35.4 Å². The lowest BCUT2D eigenvalue weighted by atomic mass is 10.2. The molecule has 1 N–H and O–H groups in total. The molecule has 24 heavy (non-hydrogen) atoms. The zero-order valence-electron chi connectivity index (χ0n) is 12.3. The van der Waals surface area contributed by atoms with Crippen molar-refractivity contribution < 1.29 is 0 Å². The summed E-state index contributed by atoms with van der Waals surface area (Å²) in [5.41, 5.74) is 1.84. The van der Waals surface area contributed by atoms with Gasteiger partial charge in [-0.05, 0) is 29.9 Å². The van der Waals surface area contributed by atoms with E-state index in [0.29, 0.717) is 25.5 Å². The molecule has 0 bridgehead atoms. The molecule has 2 aromatic carbocycles. The Labute approximate surface area is 158 Å². The van der Waals surface area contributed by atoms with Crippen LogP contribution in [0.4, 0.5) is 0 Å². The summed E-state index contributed by atoms with van der Waals surface area (Å²) in [5.74, 6) is 0.767. The molecular formula is C16H12Cl2N4S2. The maximum atomic E-state index is 6.15. The second-order valence-electron chi connectivity index (χ2n) is 4.78. The van der Waals surface area contributed by atoms with Crippen LogP contribution in [0.5, 0.6) is 0 Å². The zero-order valence-corrected chi connectivity index (χ0v) is 15.5. The normalized spacial score (nSPS) is 11.2. The Morgan fingerprint density at radius 3 is 2.54 bits per heavy atom. The van der Waals surface area contributed by atoms with E-state index in [1.807, 2.05) is 18.2 Å². The second kappa shape index (κ2) is 7.98. The molecule has 122 valence electrons. The monoisotopic (exact) mass is 394 g/mol. The lowest BCUT2D eigenvalue weighted by molar-refractivity contribution is 0.759. The number of thioether (sulfide) groups is 1. The van der Waals surface area contributed by atoms with Gasteiger partial charge in [0.15, 0.2) is 0 Å². The first-order valence-corrected chi connectivity index (χ1v) is 9.12. The van der Waals surface area contributed by atoms with Crippen LogP contribution >= 0.6 is 47.2 Å². The van der Waals surface area contributed by atoms with E-state index in [0.717, 1.165) is 5.75 Å². The van der Waals surface area contributed by atoms with Crippen LogP contribution in [0, 0.1) is 4.77 Å². The molecule has 0 aliphatic heterocycles. The first kappa shape index (κ1) is 17.2. The largest absolute Gasteiger partial charge is 0.249 e. The van der Waals surface area contributed by atoms with Crippen molar-refractivity contribution in [3.05, 3.63) is 74.5 Å². The molecule has 0 atom stereocenters. The highest BCUT2D eigenvalue weighted by Gasteiger charge is 2.07. The Morgan fingerprint density at radius 2 is 1.83 bits per heavy atom. The molecule has 0 amide bonds. The molecule has 1 heterocycles. The van der Waals surface area contributed by atoms with Crippen molar-refractivity contribution in [3.8, 4) is 0 Å². The minimum Gasteiger partial charge on any atom is -0.249 e. The number of aromatic amines is 1. The van der Waals surface area contributed by atoms with Crippen LogP contribution in [-0.4, -0.2) is 21.1 Å². The second-order valence-corrected chi connectivity index (χ2v) is 6.92. The Bertz CT molecular complexity index is 899. The van der Waals surface area contributed by atoms with Crippen molar-refractivity contribution in [1.29, 1.82) is 0 Å². The molecule has 3 rings (SSSR count). The number of halogens is 2. The standard InChI is InChI=1S/C16H12Cl2N4S2/c17-13-7-4-8-14(18)12(13)9-19-22-15(23)20-21-16(22)24-10-11-5-2-1-3-6-11/h1-9H,10H2,(H,20,23)/b19-9-. The third-order valence-corrected chi connectivity index (χ3v) is 5.06. The minimum absolute atomic E-state index is 0.407. The van der Waals surface area contributed by atoms with Crippen LogP contribution in [0.15, 0.2) is 58.8 Å². The van der Waals surface area contributed by atoms with Crippen LogP contribution in [-0.2, 0) is 5.75 Å². The van der Waals surface area contributed by atoms with Crippen LogP contribution in [0.3, 0.4) is 0 Å². The minimum atomic E-state index is 0.407. The van der Waals surface area contributed by atoms with E-state index in [2.05, 4.69) is 27.4 Å². The number of hydrogen-bond donors (Lipinski definition) is 1. The van der Waals surface area contributed by atoms with Gasteiger partial charge in [0.2, 0.25) is 9.93 Å². The highest BCUT2D eigenvalue weighted by molar-refractivity contribution is 7.98. The van der Waals surface area contributed by atoms with Crippen molar-refractivity contribution in [2.45, 2.75) is 10.9 Å². The Balaban J connectivity index is 1.83. The van der Waals surface area contributed by atoms with Gasteiger partial charge in [0.05, 0.1) is 16.3 Å². The number of H-pyrrole nitrogens is 1. The average Bonchev–Trinajstić information content (AvgIpc) is 2.94. The summed E-state index contributed by atoms with van der Waals surface area (Å²) < 4.78 is 1.97. The summed E-state index contributed by atoms with van der Waals surface area (Å²) in [6.07, 6.45) is 1.59. The fourth-order valence-corrected chi connectivity index (χ4v) is 3.54. The lowest BCUT2D eigenvalue weighted by Crippen LogP contribution is -1.95. The van der Waals surface area contributed by atoms with E-state index in [9.17, 15) is 0 Å². The average molecular weight is 395 g/mol. The summed E-state index contributed by atoms with van der Waals surface area (Å²) in [4.78, 5) is 0. The number of nitrogens with zero attached hydrogens (tertiary/aromatic N) is 3. The highest BCUT2D eigenvalue weighted by atomic mass is 35.5. The third kappa shape index (κ3) is 4.08. The molecule has 0 unspecified atom stereocenters. The maximum absolute atomic E-state index is 6.15. The highest BCUT2D eigenvalue weighted by Crippen LogP contribution is 2.23. The summed E-state index contributed by atoms with van der Waals surface area (Å²) in [6, 6.07) is 15.4. The molecule has 8 heteroatoms. The summed E-state index contributed by atoms with van der Waals surface area (Å²) >= 11 is 19.1. The third-order valence-electron chi connectivity index (χ3n) is 3.13. The molecule has 0 aliphatic rings. The van der Waals surface area contributed by atoms with Crippen molar-refractivity contribution in [1.82, 2.24) is 14.9 Å². The molecule has 0 spiro atoms. The van der Waals surface area contributed by atoms with Gasteiger partial charge < -0.3 is 0 Å². The molecule has 0 saturated heterocycles. The Morgan fingerprint density at radius 1 is 1.12 bits per heavy atom. The van der Waals surface area contributed by atoms with Crippen LogP contribution in [0.1, 0.15) is 11.1 Å². The summed E-state index contributed by atoms with van der Waals surface area (Å²) in [7, 11) is 0. The van der Waals surface area contributed by atoms with E-state index in [-0.39, 0.29) is 0 Å². The van der Waals surface area contributed by atoms with Gasteiger partial charge in [-0.1, -0.05) is 71.4 Å². The SMILES string of the molecule is S=c1[nH]nc(SCc2ccccc2)n1/N=C\c1c(Cl)cccc1Cl. The maximum Gasteiger partial charge on any atom is 0.217 e. The van der Waals surface area contributed by atoms with Crippen molar-refractivity contribution in [2.75, 3.05) is 0 Å². The molecule has 0 aliphatic carbocycles. The molecule has 1 aromatic heterocycles. The van der Waals surface area contributed by atoms with Gasteiger partial charge in [-0.25, -0.2) is 5.10 Å². The lowest BCUT2D eigenvalue weighted by Gasteiger charge is -2.03. The van der Waals surface area contributed by atoms with E-state index in [1.165, 1.54) is 17.3 Å². The van der Waals surface area contributed by atoms with Crippen LogP contribution < -0.4 is 0 Å². The van der Waals surface area contributed by atoms with Gasteiger partial charge in [0.25, 0.3) is 0 Å². The number of nitrogens with one attached hydrogen (secondary N) is 1. The smallest absolute Gasteiger partial charge is 0.217 e. The van der Waals surface area contributed by atoms with E-state index >= 15 is 0 Å². The Hall–Kier alpha value is -1.60. The fourth-order valence-electron chi connectivity index (χ4n) is 1.94. The van der Waals surface area contributed by atoms with Gasteiger partial charge in [-0.3, -0.25) is 0 Å². The summed E-state index contributed by atoms with van der Waals surface area (Å²) in [5, 5.41) is 13.1. The van der Waals surface area contributed by atoms with Gasteiger partial charge >= 0.3 is 0 Å². The first-order chi connectivity index (χ1) is 11.6. The number of hydrogen-bond acceptors (Lipinski definition) is 4. The molecule has 0 saturated carbocycles. The number of aromatic nitrogens is 3. The van der Waals surface area contributed by atoms with Crippen molar-refractivity contribution >= 4 is 53.4 Å². The zero-order chi connectivity index (χ0) is 16.9. The van der Waals surface area contributed by atoms with E-state index in [1.54, 1.807) is 29.1 Å². The molecular weight excluding hydrogens is 383 g/mol. The van der Waals surface area contributed by atoms with Crippen LogP contribution in [0.25, 0.3) is 0 Å². The quantitative estimate of drug-likeness (QED) is 0.356. The number of benzene rings is 2. The number of rotatable bonds is 5. The van der Waals surface area contributed by atoms with Gasteiger partial charge in [-0.2, -0.15) is 9.78 Å². The van der Waals surface area contributed by atoms with Gasteiger partial charge in [-0.15, -0.1) is 5.10 Å². The fraction of sp³-hybridized carbons (Fsp3) is 0.0625. The predicted molar refractivity (Wildman–Crippen MR) is 103 cm³/mol. The van der Waals surface area contributed by atoms with Crippen LogP contribution in [0.2, 0.25) is 10.0 Å². The topological polar surface area (TPSA) is 46.0 Å².